The average Bonchev–Trinajstić information content (AvgIpc) is 2.39. The van der Waals surface area contributed by atoms with E-state index in [2.05, 4.69) is 22.4 Å². The first kappa shape index (κ1) is 12.4. The molecule has 2 aromatic rings. The first-order valence-corrected chi connectivity index (χ1v) is 5.98. The molecule has 0 aliphatic rings. The fourth-order valence-corrected chi connectivity index (χ4v) is 1.53. The summed E-state index contributed by atoms with van der Waals surface area (Å²) in [7, 11) is 0. The van der Waals surface area contributed by atoms with Crippen LogP contribution in [0.1, 0.15) is 12.5 Å². The molecule has 0 bridgehead atoms. The maximum atomic E-state index is 5.68. The molecule has 94 valence electrons. The van der Waals surface area contributed by atoms with Crippen LogP contribution in [-0.2, 0) is 0 Å². The lowest BCUT2D eigenvalue weighted by molar-refractivity contribution is 0.303. The summed E-state index contributed by atoms with van der Waals surface area (Å²) in [5, 5.41) is 11.0. The Morgan fingerprint density at radius 3 is 2.67 bits per heavy atom. The zero-order valence-corrected chi connectivity index (χ0v) is 10.6. The number of nitrogens with one attached hydrogen (secondary N) is 1. The number of aromatic nitrogens is 2. The molecule has 1 atom stereocenters. The van der Waals surface area contributed by atoms with Gasteiger partial charge in [0.05, 0.1) is 6.04 Å². The van der Waals surface area contributed by atoms with Gasteiger partial charge in [-0.1, -0.05) is 17.7 Å². The Balaban J connectivity index is 1.81. The maximum Gasteiger partial charge on any atom is 0.148 e. The molecule has 0 saturated carbocycles. The van der Waals surface area contributed by atoms with E-state index in [-0.39, 0.29) is 6.04 Å². The molecule has 0 amide bonds. The van der Waals surface area contributed by atoms with E-state index >= 15 is 0 Å². The fourth-order valence-electron chi connectivity index (χ4n) is 1.53. The van der Waals surface area contributed by atoms with Gasteiger partial charge in [-0.3, -0.25) is 0 Å². The highest BCUT2D eigenvalue weighted by Crippen LogP contribution is 2.12. The molecular formula is C14H17N3O. The normalized spacial score (nSPS) is 11.9. The van der Waals surface area contributed by atoms with Gasteiger partial charge >= 0.3 is 0 Å². The van der Waals surface area contributed by atoms with Gasteiger partial charge in [-0.05, 0) is 38.1 Å². The van der Waals surface area contributed by atoms with Crippen molar-refractivity contribution in [3.63, 3.8) is 0 Å². The van der Waals surface area contributed by atoms with E-state index in [9.17, 15) is 0 Å². The van der Waals surface area contributed by atoms with E-state index in [0.717, 1.165) is 11.6 Å². The molecule has 18 heavy (non-hydrogen) atoms. The summed E-state index contributed by atoms with van der Waals surface area (Å²) in [5.74, 6) is 1.64. The van der Waals surface area contributed by atoms with Crippen molar-refractivity contribution >= 4 is 5.82 Å². The predicted octanol–water partition coefficient (Wildman–Crippen LogP) is 2.66. The van der Waals surface area contributed by atoms with Gasteiger partial charge in [0.25, 0.3) is 0 Å². The lowest BCUT2D eigenvalue weighted by Gasteiger charge is -2.15. The second-order valence-electron chi connectivity index (χ2n) is 4.28. The van der Waals surface area contributed by atoms with Gasteiger partial charge < -0.3 is 10.1 Å². The van der Waals surface area contributed by atoms with Gasteiger partial charge in [-0.2, -0.15) is 5.10 Å². The number of benzene rings is 1. The lowest BCUT2D eigenvalue weighted by atomic mass is 10.2. The maximum absolute atomic E-state index is 5.68. The van der Waals surface area contributed by atoms with E-state index in [1.54, 1.807) is 6.20 Å². The molecule has 0 spiro atoms. The first-order valence-electron chi connectivity index (χ1n) is 5.98. The highest BCUT2D eigenvalue weighted by molar-refractivity contribution is 5.33. The Bertz CT molecular complexity index is 470. The van der Waals surface area contributed by atoms with Crippen molar-refractivity contribution in [2.75, 3.05) is 11.9 Å². The summed E-state index contributed by atoms with van der Waals surface area (Å²) < 4.78 is 5.68. The molecule has 0 radical (unpaired) electrons. The minimum Gasteiger partial charge on any atom is -0.491 e. The van der Waals surface area contributed by atoms with Gasteiger partial charge in [-0.15, -0.1) is 5.10 Å². The molecule has 4 nitrogen and oxygen atoms in total. The van der Waals surface area contributed by atoms with Crippen LogP contribution in [0.2, 0.25) is 0 Å². The van der Waals surface area contributed by atoms with Crippen molar-refractivity contribution in [3.8, 4) is 5.75 Å². The van der Waals surface area contributed by atoms with Crippen LogP contribution >= 0.6 is 0 Å². The third-order valence-electron chi connectivity index (χ3n) is 2.49. The van der Waals surface area contributed by atoms with E-state index < -0.39 is 0 Å². The third kappa shape index (κ3) is 3.73. The van der Waals surface area contributed by atoms with Crippen molar-refractivity contribution in [3.05, 3.63) is 48.2 Å². The van der Waals surface area contributed by atoms with Crippen LogP contribution in [0.25, 0.3) is 0 Å². The lowest BCUT2D eigenvalue weighted by Crippen LogP contribution is -2.24. The fraction of sp³-hybridized carbons (Fsp3) is 0.286. The summed E-state index contributed by atoms with van der Waals surface area (Å²) in [6, 6.07) is 11.9. The van der Waals surface area contributed by atoms with Crippen molar-refractivity contribution in [1.29, 1.82) is 0 Å². The molecule has 1 N–H and O–H groups in total. The number of nitrogens with zero attached hydrogens (tertiary/aromatic N) is 2. The van der Waals surface area contributed by atoms with E-state index in [1.807, 2.05) is 43.3 Å². The minimum absolute atomic E-state index is 0.169. The molecule has 1 unspecified atom stereocenters. The largest absolute Gasteiger partial charge is 0.491 e. The van der Waals surface area contributed by atoms with Crippen LogP contribution in [0.5, 0.6) is 5.75 Å². The molecule has 4 heteroatoms. The van der Waals surface area contributed by atoms with E-state index in [4.69, 9.17) is 4.74 Å². The molecule has 1 aromatic carbocycles. The minimum atomic E-state index is 0.169. The summed E-state index contributed by atoms with van der Waals surface area (Å²) >= 11 is 0. The van der Waals surface area contributed by atoms with Gasteiger partial charge in [0.1, 0.15) is 18.2 Å². The molecule has 2 rings (SSSR count). The van der Waals surface area contributed by atoms with Crippen LogP contribution in [0.15, 0.2) is 42.6 Å². The zero-order chi connectivity index (χ0) is 12.8. The standard InChI is InChI=1S/C14H17N3O/c1-11-5-7-13(8-6-11)18-10-12(2)16-14-4-3-9-15-17-14/h3-9,12H,10H2,1-2H3,(H,16,17). The molecule has 0 saturated heterocycles. The number of anilines is 1. The molecule has 1 heterocycles. The zero-order valence-electron chi connectivity index (χ0n) is 10.6. The monoisotopic (exact) mass is 243 g/mol. The molecule has 0 fully saturated rings. The Labute approximate surface area is 107 Å². The smallest absolute Gasteiger partial charge is 0.148 e. The van der Waals surface area contributed by atoms with Gasteiger partial charge in [-0.25, -0.2) is 0 Å². The SMILES string of the molecule is Cc1ccc(OCC(C)Nc2cccnn2)cc1. The quantitative estimate of drug-likeness (QED) is 0.877. The predicted molar refractivity (Wildman–Crippen MR) is 71.8 cm³/mol. The topological polar surface area (TPSA) is 47.0 Å². The van der Waals surface area contributed by atoms with Crippen LogP contribution in [0, 0.1) is 6.92 Å². The summed E-state index contributed by atoms with van der Waals surface area (Å²) in [6.45, 7) is 4.69. The third-order valence-corrected chi connectivity index (χ3v) is 2.49. The second-order valence-corrected chi connectivity index (χ2v) is 4.28. The van der Waals surface area contributed by atoms with E-state index in [0.29, 0.717) is 6.61 Å². The average molecular weight is 243 g/mol. The number of rotatable bonds is 5. The van der Waals surface area contributed by atoms with Crippen molar-refractivity contribution in [2.45, 2.75) is 19.9 Å². The van der Waals surface area contributed by atoms with Crippen molar-refractivity contribution < 1.29 is 4.74 Å². The molecule has 0 aliphatic carbocycles. The second kappa shape index (κ2) is 6.00. The Morgan fingerprint density at radius 1 is 1.22 bits per heavy atom. The summed E-state index contributed by atoms with van der Waals surface area (Å²) in [4.78, 5) is 0. The van der Waals surface area contributed by atoms with E-state index in [1.165, 1.54) is 5.56 Å². The Morgan fingerprint density at radius 2 is 2.00 bits per heavy atom. The molecule has 0 aliphatic heterocycles. The summed E-state index contributed by atoms with van der Waals surface area (Å²) in [5.41, 5.74) is 1.23. The van der Waals surface area contributed by atoms with Crippen LogP contribution < -0.4 is 10.1 Å². The Hall–Kier alpha value is -2.10. The van der Waals surface area contributed by atoms with Gasteiger partial charge in [0, 0.05) is 6.20 Å². The van der Waals surface area contributed by atoms with Crippen LogP contribution in [-0.4, -0.2) is 22.8 Å². The van der Waals surface area contributed by atoms with Crippen LogP contribution in [0.3, 0.4) is 0 Å². The van der Waals surface area contributed by atoms with Gasteiger partial charge in [0.15, 0.2) is 0 Å². The Kier molecular flexibility index (Phi) is 4.12. The summed E-state index contributed by atoms with van der Waals surface area (Å²) in [6.07, 6.45) is 1.65. The first-order chi connectivity index (χ1) is 8.74. The molecular weight excluding hydrogens is 226 g/mol. The number of hydrogen-bond acceptors (Lipinski definition) is 4. The van der Waals surface area contributed by atoms with Gasteiger partial charge in [0.2, 0.25) is 0 Å². The molecule has 1 aromatic heterocycles. The number of ether oxygens (including phenoxy) is 1. The number of hydrogen-bond donors (Lipinski definition) is 1. The van der Waals surface area contributed by atoms with Crippen molar-refractivity contribution in [2.24, 2.45) is 0 Å². The highest BCUT2D eigenvalue weighted by Gasteiger charge is 2.03. The number of aryl methyl sites for hydroxylation is 1. The van der Waals surface area contributed by atoms with Crippen LogP contribution in [0.4, 0.5) is 5.82 Å². The van der Waals surface area contributed by atoms with Crippen molar-refractivity contribution in [1.82, 2.24) is 10.2 Å². The highest BCUT2D eigenvalue weighted by atomic mass is 16.5.